The van der Waals surface area contributed by atoms with Crippen LogP contribution in [0.1, 0.15) is 12.8 Å². The van der Waals surface area contributed by atoms with Gasteiger partial charge in [-0.25, -0.2) is 0 Å². The van der Waals surface area contributed by atoms with E-state index in [9.17, 15) is 4.79 Å². The number of rotatable bonds is 3. The van der Waals surface area contributed by atoms with Crippen LogP contribution in [-0.4, -0.2) is 51.5 Å². The maximum atomic E-state index is 12.0. The molecule has 5 nitrogen and oxygen atoms in total. The van der Waals surface area contributed by atoms with Crippen LogP contribution in [0.25, 0.3) is 0 Å². The predicted molar refractivity (Wildman–Crippen MR) is 59.1 cm³/mol. The SMILES string of the molecule is COC1CNCC1NC(=O)C1CCOCC1. The van der Waals surface area contributed by atoms with Crippen LogP contribution in [0.3, 0.4) is 0 Å². The molecule has 5 heteroatoms. The normalized spacial score (nSPS) is 31.6. The molecular weight excluding hydrogens is 208 g/mol. The van der Waals surface area contributed by atoms with Crippen LogP contribution in [0.4, 0.5) is 0 Å². The molecule has 0 spiro atoms. The van der Waals surface area contributed by atoms with Gasteiger partial charge in [0.05, 0.1) is 12.1 Å². The molecule has 16 heavy (non-hydrogen) atoms. The van der Waals surface area contributed by atoms with Gasteiger partial charge in [0.15, 0.2) is 0 Å². The quantitative estimate of drug-likeness (QED) is 0.685. The van der Waals surface area contributed by atoms with Crippen molar-refractivity contribution < 1.29 is 14.3 Å². The van der Waals surface area contributed by atoms with Crippen molar-refractivity contribution in [3.05, 3.63) is 0 Å². The molecule has 0 radical (unpaired) electrons. The molecule has 2 heterocycles. The number of nitrogens with one attached hydrogen (secondary N) is 2. The summed E-state index contributed by atoms with van der Waals surface area (Å²) in [5.41, 5.74) is 0. The number of carbonyl (C=O) groups excluding carboxylic acids is 1. The van der Waals surface area contributed by atoms with E-state index in [2.05, 4.69) is 10.6 Å². The van der Waals surface area contributed by atoms with Crippen molar-refractivity contribution in [2.75, 3.05) is 33.4 Å². The van der Waals surface area contributed by atoms with E-state index in [-0.39, 0.29) is 24.0 Å². The summed E-state index contributed by atoms with van der Waals surface area (Å²) in [5.74, 6) is 0.269. The number of amides is 1. The first kappa shape index (κ1) is 11.8. The van der Waals surface area contributed by atoms with Gasteiger partial charge in [-0.3, -0.25) is 4.79 Å². The summed E-state index contributed by atoms with van der Waals surface area (Å²) in [5, 5.41) is 6.28. The summed E-state index contributed by atoms with van der Waals surface area (Å²) in [6.07, 6.45) is 1.77. The molecule has 0 bridgehead atoms. The zero-order chi connectivity index (χ0) is 11.4. The Labute approximate surface area is 95.9 Å². The van der Waals surface area contributed by atoms with Crippen molar-refractivity contribution in [2.24, 2.45) is 5.92 Å². The lowest BCUT2D eigenvalue weighted by Gasteiger charge is -2.25. The molecule has 2 rings (SSSR count). The summed E-state index contributed by atoms with van der Waals surface area (Å²) in [6, 6.07) is 0.111. The van der Waals surface area contributed by atoms with Crippen molar-refractivity contribution in [3.8, 4) is 0 Å². The van der Waals surface area contributed by atoms with Crippen LogP contribution in [0.5, 0.6) is 0 Å². The fourth-order valence-electron chi connectivity index (χ4n) is 2.31. The van der Waals surface area contributed by atoms with Gasteiger partial charge in [-0.1, -0.05) is 0 Å². The van der Waals surface area contributed by atoms with Crippen LogP contribution < -0.4 is 10.6 Å². The molecule has 2 saturated heterocycles. The molecule has 2 unspecified atom stereocenters. The van der Waals surface area contributed by atoms with Crippen molar-refractivity contribution in [2.45, 2.75) is 25.0 Å². The second kappa shape index (κ2) is 5.61. The second-order valence-corrected chi connectivity index (χ2v) is 4.43. The van der Waals surface area contributed by atoms with Gasteiger partial charge >= 0.3 is 0 Å². The van der Waals surface area contributed by atoms with Crippen LogP contribution in [0.15, 0.2) is 0 Å². The first-order valence-electron chi connectivity index (χ1n) is 5.93. The minimum absolute atomic E-state index is 0.101. The van der Waals surface area contributed by atoms with Gasteiger partial charge in [-0.15, -0.1) is 0 Å². The van der Waals surface area contributed by atoms with E-state index in [4.69, 9.17) is 9.47 Å². The van der Waals surface area contributed by atoms with Gasteiger partial charge in [0.2, 0.25) is 5.91 Å². The lowest BCUT2D eigenvalue weighted by atomic mass is 9.99. The molecule has 0 aromatic carbocycles. The fourth-order valence-corrected chi connectivity index (χ4v) is 2.31. The summed E-state index contributed by atoms with van der Waals surface area (Å²) >= 11 is 0. The summed E-state index contributed by atoms with van der Waals surface area (Å²) in [6.45, 7) is 3.02. The van der Waals surface area contributed by atoms with Crippen molar-refractivity contribution >= 4 is 5.91 Å². The molecule has 2 fully saturated rings. The average molecular weight is 228 g/mol. The molecule has 1 amide bonds. The number of hydrogen-bond donors (Lipinski definition) is 2. The maximum Gasteiger partial charge on any atom is 0.223 e. The lowest BCUT2D eigenvalue weighted by molar-refractivity contribution is -0.129. The molecule has 2 N–H and O–H groups in total. The highest BCUT2D eigenvalue weighted by molar-refractivity contribution is 5.79. The van der Waals surface area contributed by atoms with E-state index >= 15 is 0 Å². The topological polar surface area (TPSA) is 59.6 Å². The smallest absolute Gasteiger partial charge is 0.223 e. The summed E-state index contributed by atoms with van der Waals surface area (Å²) < 4.78 is 10.6. The summed E-state index contributed by atoms with van der Waals surface area (Å²) in [4.78, 5) is 12.0. The van der Waals surface area contributed by atoms with Gasteiger partial charge in [-0.2, -0.15) is 0 Å². The van der Waals surface area contributed by atoms with Crippen molar-refractivity contribution in [1.82, 2.24) is 10.6 Å². The Morgan fingerprint density at radius 2 is 2.12 bits per heavy atom. The predicted octanol–water partition coefficient (Wildman–Crippen LogP) is -0.484. The van der Waals surface area contributed by atoms with Gasteiger partial charge in [-0.05, 0) is 12.8 Å². The Balaban J connectivity index is 1.81. The van der Waals surface area contributed by atoms with Gasteiger partial charge in [0.25, 0.3) is 0 Å². The Bertz CT molecular complexity index is 241. The molecule has 92 valence electrons. The minimum Gasteiger partial charge on any atom is -0.381 e. The number of carbonyl (C=O) groups is 1. The molecular formula is C11H20N2O3. The standard InChI is InChI=1S/C11H20N2O3/c1-15-10-7-12-6-9(10)13-11(14)8-2-4-16-5-3-8/h8-10,12H,2-7H2,1H3,(H,13,14). The highest BCUT2D eigenvalue weighted by Gasteiger charge is 2.30. The molecule has 0 aliphatic carbocycles. The molecule has 2 aliphatic rings. The number of hydrogen-bond acceptors (Lipinski definition) is 4. The zero-order valence-electron chi connectivity index (χ0n) is 9.70. The second-order valence-electron chi connectivity index (χ2n) is 4.43. The Kier molecular flexibility index (Phi) is 4.15. The maximum absolute atomic E-state index is 12.0. The first-order valence-corrected chi connectivity index (χ1v) is 5.93. The van der Waals surface area contributed by atoms with Gasteiger partial charge in [0.1, 0.15) is 0 Å². The van der Waals surface area contributed by atoms with E-state index < -0.39 is 0 Å². The van der Waals surface area contributed by atoms with Crippen LogP contribution in [0.2, 0.25) is 0 Å². The van der Waals surface area contributed by atoms with Crippen molar-refractivity contribution in [3.63, 3.8) is 0 Å². The third kappa shape index (κ3) is 2.72. The molecule has 0 aromatic rings. The van der Waals surface area contributed by atoms with Crippen molar-refractivity contribution in [1.29, 1.82) is 0 Å². The summed E-state index contributed by atoms with van der Waals surface area (Å²) in [7, 11) is 1.69. The first-order chi connectivity index (χ1) is 7.81. The van der Waals surface area contributed by atoms with E-state index in [0.29, 0.717) is 13.2 Å². The molecule has 2 atom stereocenters. The lowest BCUT2D eigenvalue weighted by Crippen LogP contribution is -2.46. The third-order valence-corrected chi connectivity index (χ3v) is 3.38. The highest BCUT2D eigenvalue weighted by atomic mass is 16.5. The monoisotopic (exact) mass is 228 g/mol. The number of ether oxygens (including phenoxy) is 2. The Hall–Kier alpha value is -0.650. The van der Waals surface area contributed by atoms with Crippen LogP contribution >= 0.6 is 0 Å². The molecule has 0 aromatic heterocycles. The largest absolute Gasteiger partial charge is 0.381 e. The van der Waals surface area contributed by atoms with E-state index in [1.54, 1.807) is 7.11 Å². The zero-order valence-corrected chi connectivity index (χ0v) is 9.70. The Morgan fingerprint density at radius 3 is 2.81 bits per heavy atom. The minimum atomic E-state index is 0.101. The van der Waals surface area contributed by atoms with Crippen LogP contribution in [-0.2, 0) is 14.3 Å². The molecule has 2 aliphatic heterocycles. The number of methoxy groups -OCH3 is 1. The van der Waals surface area contributed by atoms with Crippen LogP contribution in [0, 0.1) is 5.92 Å². The Morgan fingerprint density at radius 1 is 1.38 bits per heavy atom. The third-order valence-electron chi connectivity index (χ3n) is 3.38. The van der Waals surface area contributed by atoms with E-state index in [1.165, 1.54) is 0 Å². The van der Waals surface area contributed by atoms with E-state index in [0.717, 1.165) is 25.9 Å². The molecule has 0 saturated carbocycles. The fraction of sp³-hybridized carbons (Fsp3) is 0.909. The van der Waals surface area contributed by atoms with E-state index in [1.807, 2.05) is 0 Å². The average Bonchev–Trinajstić information content (AvgIpc) is 2.77. The van der Waals surface area contributed by atoms with Gasteiger partial charge < -0.3 is 20.1 Å². The van der Waals surface area contributed by atoms with Gasteiger partial charge in [0, 0.05) is 39.3 Å². The highest BCUT2D eigenvalue weighted by Crippen LogP contribution is 2.15.